The molecule has 0 radical (unpaired) electrons. The van der Waals surface area contributed by atoms with Crippen molar-refractivity contribution in [3.63, 3.8) is 0 Å². The maximum absolute atomic E-state index is 14.4. The molecule has 4 saturated heterocycles. The molecule has 6 bridgehead atoms. The molecule has 1 aromatic carbocycles. The summed E-state index contributed by atoms with van der Waals surface area (Å²) < 4.78 is 0. The smallest absolute Gasteiger partial charge is 0.326 e. The maximum atomic E-state index is 14.4. The third-order valence-corrected chi connectivity index (χ3v) is 16.5. The van der Waals surface area contributed by atoms with E-state index in [1.165, 1.54) is 0 Å². The van der Waals surface area contributed by atoms with Crippen molar-refractivity contribution in [3.05, 3.63) is 42.1 Å². The van der Waals surface area contributed by atoms with Gasteiger partial charge in [0.1, 0.15) is 36.3 Å². The molecule has 13 unspecified atom stereocenters. The average Bonchev–Trinajstić information content (AvgIpc) is 3.58. The molecule has 5 amide bonds. The van der Waals surface area contributed by atoms with Crippen LogP contribution in [0.15, 0.2) is 36.5 Å². The second-order valence-corrected chi connectivity index (χ2v) is 21.0. The van der Waals surface area contributed by atoms with E-state index in [4.69, 9.17) is 5.11 Å². The number of pyridine rings is 1. The van der Waals surface area contributed by atoms with Gasteiger partial charge in [0.25, 0.3) is 0 Å². The van der Waals surface area contributed by atoms with Crippen LogP contribution in [-0.2, 0) is 49.6 Å². The number of hydrogen-bond acceptors (Lipinski definition) is 15. The van der Waals surface area contributed by atoms with E-state index in [1.54, 1.807) is 33.9 Å². The molecule has 7 rings (SSSR count). The van der Waals surface area contributed by atoms with Crippen molar-refractivity contribution in [3.8, 4) is 0 Å². The largest absolute Gasteiger partial charge is 0.481 e. The number of urea groups is 1. The van der Waals surface area contributed by atoms with Gasteiger partial charge in [-0.25, -0.2) is 14.4 Å². The van der Waals surface area contributed by atoms with Crippen molar-refractivity contribution in [2.75, 3.05) is 65.4 Å². The average molecular weight is 1080 g/mol. The Morgan fingerprint density at radius 3 is 1.91 bits per heavy atom. The molecule has 13 atom stereocenters. The minimum absolute atomic E-state index is 0.0371. The molecule has 5 aliphatic rings. The number of hydrogen-bond donors (Lipinski definition) is 11. The first-order valence-corrected chi connectivity index (χ1v) is 26.3. The number of unbranched alkanes of at least 4 members (excludes halogenated alkanes) is 1. The first-order chi connectivity index (χ1) is 36.7. The second-order valence-electron chi connectivity index (χ2n) is 21.0. The minimum atomic E-state index is -1.93. The molecule has 11 N–H and O–H groups in total. The molecule has 1 aliphatic carbocycles. The van der Waals surface area contributed by atoms with Gasteiger partial charge in [-0.1, -0.05) is 25.1 Å². The van der Waals surface area contributed by atoms with Gasteiger partial charge in [0.2, 0.25) is 17.7 Å². The van der Waals surface area contributed by atoms with Crippen molar-refractivity contribution in [1.29, 1.82) is 0 Å². The van der Waals surface area contributed by atoms with Crippen LogP contribution in [0, 0.1) is 23.7 Å². The zero-order valence-corrected chi connectivity index (χ0v) is 42.9. The minimum Gasteiger partial charge on any atom is -0.481 e. The predicted molar refractivity (Wildman–Crippen MR) is 270 cm³/mol. The Hall–Kier alpha value is -7.03. The summed E-state index contributed by atoms with van der Waals surface area (Å²) in [5.41, 5.74) is -0.587. The van der Waals surface area contributed by atoms with E-state index in [9.17, 15) is 73.5 Å². The van der Waals surface area contributed by atoms with Crippen molar-refractivity contribution >= 4 is 70.5 Å². The third-order valence-electron chi connectivity index (χ3n) is 16.5. The third kappa shape index (κ3) is 13.6. The van der Waals surface area contributed by atoms with Gasteiger partial charge in [-0.15, -0.1) is 0 Å². The number of fused-ring (bicyclic) bond motifs is 7. The highest BCUT2D eigenvalue weighted by Gasteiger charge is 2.66. The summed E-state index contributed by atoms with van der Waals surface area (Å²) in [6.45, 7) is 3.53. The lowest BCUT2D eigenvalue weighted by atomic mass is 9.57. The number of amides is 5. The number of carboxylic acid groups (broad SMARTS) is 6. The summed E-state index contributed by atoms with van der Waals surface area (Å²) in [7, 11) is 0. The van der Waals surface area contributed by atoms with Crippen LogP contribution in [0.25, 0.3) is 10.9 Å². The Labute approximate surface area is 443 Å². The van der Waals surface area contributed by atoms with Crippen LogP contribution >= 0.6 is 0 Å². The number of carbonyl (C=O) groups is 10. The molecule has 26 heteroatoms. The van der Waals surface area contributed by atoms with Gasteiger partial charge in [0.15, 0.2) is 0 Å². The highest BCUT2D eigenvalue weighted by molar-refractivity contribution is 5.90. The Morgan fingerprint density at radius 2 is 1.31 bits per heavy atom. The van der Waals surface area contributed by atoms with Crippen LogP contribution in [0.4, 0.5) is 4.79 Å². The van der Waals surface area contributed by atoms with Crippen LogP contribution in [-0.4, -0.2) is 222 Å². The topological polar surface area (TPSA) is 378 Å². The van der Waals surface area contributed by atoms with Crippen molar-refractivity contribution < 1.29 is 78.6 Å². The fourth-order valence-corrected chi connectivity index (χ4v) is 12.6. The van der Waals surface area contributed by atoms with E-state index in [2.05, 4.69) is 31.6 Å². The lowest BCUT2D eigenvalue weighted by molar-refractivity contribution is -0.171. The molecule has 1 saturated carbocycles. The number of nitrogens with zero attached hydrogens (tertiary/aromatic N) is 5. The first-order valence-electron chi connectivity index (χ1n) is 26.3. The van der Waals surface area contributed by atoms with Crippen LogP contribution in [0.2, 0.25) is 0 Å². The van der Waals surface area contributed by atoms with Crippen molar-refractivity contribution in [1.82, 2.24) is 51.2 Å². The molecule has 0 spiro atoms. The normalized spacial score (nSPS) is 29.5. The standard InChI is InChI=1S/C51H70N10O16/c1-28(51-39-40(47(71)72)59-19-17-58(27-37(62)57-51)18-20-61(42(51)49(75)76)24-23-60(22-21-59)41(39)48(73)74)30-9-11-32(12-10-30)43(65)54-36(26-29-7-8-31-5-4-16-52-35(31)25-29)44(66)53-15-3-2-6-33(45(67)68)55-50(77)56-34(46(69)70)13-14-38(63)64/h4-5,7-8,16,25,28,30,32-34,36,39-42H,2-3,6,9-15,17-24,26-27H2,1H3,(H,53,66)(H,54,65)(H,57,62)(H,63,64)(H,67,68)(H,69,70)(H,71,72)(H,73,74)(H,75,76)(H2,55,56,77). The SMILES string of the molecule is CC(C1CCC(C(=O)NC(Cc2ccc3cccnc3c2)C(=O)NCCCCC(NC(=O)NC(CCC(=O)O)C(=O)O)C(=O)O)CC1)C12NC(=O)CN3CCN4CCN(CCN(CC3)C1C(=O)O)C(C(=O)O)C2C4C(=O)O. The molecular formula is C51H70N10O16. The molecule has 1 aromatic heterocycles. The molecule has 26 nitrogen and oxygen atoms in total. The fraction of sp³-hybridized carbons (Fsp3) is 0.627. The van der Waals surface area contributed by atoms with E-state index >= 15 is 0 Å². The Balaban J connectivity index is 1.07. The number of benzene rings is 1. The fourth-order valence-electron chi connectivity index (χ4n) is 12.6. The number of aromatic nitrogens is 1. The zero-order valence-electron chi connectivity index (χ0n) is 42.9. The van der Waals surface area contributed by atoms with Gasteiger partial charge < -0.3 is 57.2 Å². The summed E-state index contributed by atoms with van der Waals surface area (Å²) in [6.07, 6.45) is 2.15. The summed E-state index contributed by atoms with van der Waals surface area (Å²) in [6, 6.07) is -0.589. The van der Waals surface area contributed by atoms with Gasteiger partial charge >= 0.3 is 41.8 Å². The van der Waals surface area contributed by atoms with Crippen molar-refractivity contribution in [2.45, 2.75) is 113 Å². The van der Waals surface area contributed by atoms with E-state index < -0.39 is 138 Å². The molecule has 4 aliphatic heterocycles. The van der Waals surface area contributed by atoms with Gasteiger partial charge in [-0.3, -0.25) is 58.1 Å². The number of nitrogens with one attached hydrogen (secondary N) is 5. The van der Waals surface area contributed by atoms with Gasteiger partial charge in [0.05, 0.1) is 17.6 Å². The predicted octanol–water partition coefficient (Wildman–Crippen LogP) is -0.845. The summed E-state index contributed by atoms with van der Waals surface area (Å²) >= 11 is 0. The summed E-state index contributed by atoms with van der Waals surface area (Å²) in [5.74, 6) is -12.9. The second kappa shape index (κ2) is 25.4. The number of rotatable bonds is 22. The number of carbonyl (C=O) groups excluding carboxylic acids is 4. The maximum Gasteiger partial charge on any atom is 0.326 e. The summed E-state index contributed by atoms with van der Waals surface area (Å²) in [4.78, 5) is 143. The molecule has 77 heavy (non-hydrogen) atoms. The van der Waals surface area contributed by atoms with Crippen LogP contribution in [0.1, 0.15) is 70.3 Å². The molecule has 5 fully saturated rings. The van der Waals surface area contributed by atoms with Crippen LogP contribution < -0.4 is 26.6 Å². The summed E-state index contributed by atoms with van der Waals surface area (Å²) in [5, 5.41) is 75.6. The van der Waals surface area contributed by atoms with Gasteiger partial charge in [-0.2, -0.15) is 0 Å². The monoisotopic (exact) mass is 1080 g/mol. The highest BCUT2D eigenvalue weighted by Crippen LogP contribution is 2.49. The quantitative estimate of drug-likeness (QED) is 0.0640. The number of carboxylic acids is 6. The Bertz CT molecular complexity index is 2560. The Morgan fingerprint density at radius 1 is 0.714 bits per heavy atom. The lowest BCUT2D eigenvalue weighted by Crippen LogP contribution is -2.79. The van der Waals surface area contributed by atoms with E-state index in [-0.39, 0.29) is 90.9 Å². The molecule has 5 heterocycles. The van der Waals surface area contributed by atoms with E-state index in [1.807, 2.05) is 29.2 Å². The molecule has 2 aromatic rings. The van der Waals surface area contributed by atoms with Crippen LogP contribution in [0.5, 0.6) is 0 Å². The van der Waals surface area contributed by atoms with E-state index in [0.717, 1.165) is 5.39 Å². The van der Waals surface area contributed by atoms with E-state index in [0.29, 0.717) is 37.0 Å². The molecule has 420 valence electrons. The zero-order chi connectivity index (χ0) is 55.7. The lowest BCUT2D eigenvalue weighted by Gasteiger charge is -2.58. The van der Waals surface area contributed by atoms with Gasteiger partial charge in [0, 0.05) is 95.2 Å². The Kier molecular flexibility index (Phi) is 19.0. The van der Waals surface area contributed by atoms with Crippen LogP contribution in [0.3, 0.4) is 0 Å². The highest BCUT2D eigenvalue weighted by atomic mass is 16.4. The first kappa shape index (κ1) is 57.7. The van der Waals surface area contributed by atoms with Gasteiger partial charge in [-0.05, 0) is 80.9 Å². The van der Waals surface area contributed by atoms with Crippen molar-refractivity contribution in [2.24, 2.45) is 23.7 Å². The molecular weight excluding hydrogens is 1010 g/mol. The number of aliphatic carboxylic acids is 6.